The minimum absolute atomic E-state index is 0.133. The van der Waals surface area contributed by atoms with Gasteiger partial charge < -0.3 is 5.73 Å². The van der Waals surface area contributed by atoms with Gasteiger partial charge in [0.25, 0.3) is 15.7 Å². The SMILES string of the molecule is Cc1ccc(NS(=O)(=O)c2ccc([N+](=O)[O-])c(N)c2)cc1. The van der Waals surface area contributed by atoms with Crippen molar-refractivity contribution in [3.05, 3.63) is 58.1 Å². The van der Waals surface area contributed by atoms with E-state index in [0.29, 0.717) is 5.69 Å². The van der Waals surface area contributed by atoms with E-state index < -0.39 is 14.9 Å². The number of hydrogen-bond acceptors (Lipinski definition) is 5. The van der Waals surface area contributed by atoms with E-state index >= 15 is 0 Å². The maximum Gasteiger partial charge on any atom is 0.292 e. The van der Waals surface area contributed by atoms with Gasteiger partial charge in [0.2, 0.25) is 0 Å². The summed E-state index contributed by atoms with van der Waals surface area (Å²) in [4.78, 5) is 9.87. The van der Waals surface area contributed by atoms with Crippen molar-refractivity contribution in [3.8, 4) is 0 Å². The van der Waals surface area contributed by atoms with Gasteiger partial charge in [-0.25, -0.2) is 8.42 Å². The molecule has 2 rings (SSSR count). The second kappa shape index (κ2) is 5.41. The maximum absolute atomic E-state index is 12.2. The number of nitro groups is 1. The van der Waals surface area contributed by atoms with E-state index in [1.165, 1.54) is 0 Å². The Hall–Kier alpha value is -2.61. The Morgan fingerprint density at radius 2 is 1.76 bits per heavy atom. The monoisotopic (exact) mass is 307 g/mol. The lowest BCUT2D eigenvalue weighted by Gasteiger charge is -2.09. The molecule has 0 aliphatic carbocycles. The number of nitrogen functional groups attached to an aromatic ring is 1. The van der Waals surface area contributed by atoms with Gasteiger partial charge in [0, 0.05) is 11.8 Å². The van der Waals surface area contributed by atoms with Crippen molar-refractivity contribution in [2.75, 3.05) is 10.5 Å². The summed E-state index contributed by atoms with van der Waals surface area (Å²) >= 11 is 0. The van der Waals surface area contributed by atoms with Crippen LogP contribution < -0.4 is 10.5 Å². The molecular weight excluding hydrogens is 294 g/mol. The number of sulfonamides is 1. The number of nitrogens with two attached hydrogens (primary N) is 1. The lowest BCUT2D eigenvalue weighted by atomic mass is 10.2. The molecule has 0 atom stereocenters. The molecule has 0 aromatic heterocycles. The number of rotatable bonds is 4. The second-order valence-electron chi connectivity index (χ2n) is 4.45. The number of nitro benzene ring substituents is 1. The number of hydrogen-bond donors (Lipinski definition) is 2. The zero-order valence-corrected chi connectivity index (χ0v) is 11.9. The third-order valence-corrected chi connectivity index (χ3v) is 4.19. The van der Waals surface area contributed by atoms with Gasteiger partial charge in [0.05, 0.1) is 9.82 Å². The molecule has 2 aromatic rings. The van der Waals surface area contributed by atoms with Gasteiger partial charge in [-0.2, -0.15) is 0 Å². The van der Waals surface area contributed by atoms with E-state index in [2.05, 4.69) is 4.72 Å². The first kappa shape index (κ1) is 14.8. The van der Waals surface area contributed by atoms with Gasteiger partial charge in [-0.1, -0.05) is 17.7 Å². The van der Waals surface area contributed by atoms with Crippen LogP contribution in [-0.2, 0) is 10.0 Å². The molecule has 0 heterocycles. The third kappa shape index (κ3) is 3.29. The number of aryl methyl sites for hydroxylation is 1. The fourth-order valence-electron chi connectivity index (χ4n) is 1.70. The first-order valence-corrected chi connectivity index (χ1v) is 7.41. The third-order valence-electron chi connectivity index (χ3n) is 2.81. The van der Waals surface area contributed by atoms with Crippen LogP contribution in [0.4, 0.5) is 17.1 Å². The standard InChI is InChI=1S/C13H13N3O4S/c1-9-2-4-10(5-3-9)15-21(19,20)11-6-7-13(16(17)18)12(14)8-11/h2-8,15H,14H2,1H3. The van der Waals surface area contributed by atoms with E-state index in [9.17, 15) is 18.5 Å². The van der Waals surface area contributed by atoms with Crippen molar-refractivity contribution in [3.63, 3.8) is 0 Å². The zero-order valence-electron chi connectivity index (χ0n) is 11.1. The fraction of sp³-hybridized carbons (Fsp3) is 0.0769. The van der Waals surface area contributed by atoms with Crippen molar-refractivity contribution >= 4 is 27.1 Å². The van der Waals surface area contributed by atoms with E-state index in [0.717, 1.165) is 23.8 Å². The van der Waals surface area contributed by atoms with Crippen molar-refractivity contribution in [1.29, 1.82) is 0 Å². The normalized spacial score (nSPS) is 11.1. The highest BCUT2D eigenvalue weighted by Gasteiger charge is 2.19. The molecule has 110 valence electrons. The Balaban J connectivity index is 2.33. The van der Waals surface area contributed by atoms with Crippen LogP contribution in [0.1, 0.15) is 5.56 Å². The lowest BCUT2D eigenvalue weighted by Crippen LogP contribution is -2.13. The summed E-state index contributed by atoms with van der Waals surface area (Å²) in [7, 11) is -3.84. The van der Waals surface area contributed by atoms with Gasteiger partial charge in [0.1, 0.15) is 5.69 Å². The van der Waals surface area contributed by atoms with E-state index in [1.54, 1.807) is 24.3 Å². The molecule has 8 heteroatoms. The van der Waals surface area contributed by atoms with E-state index in [1.807, 2.05) is 6.92 Å². The van der Waals surface area contributed by atoms with Crippen LogP contribution in [0.3, 0.4) is 0 Å². The van der Waals surface area contributed by atoms with Crippen molar-refractivity contribution in [1.82, 2.24) is 0 Å². The number of benzene rings is 2. The Morgan fingerprint density at radius 1 is 1.14 bits per heavy atom. The first-order valence-electron chi connectivity index (χ1n) is 5.93. The molecule has 0 saturated carbocycles. The summed E-state index contributed by atoms with van der Waals surface area (Å²) in [6.07, 6.45) is 0. The minimum Gasteiger partial charge on any atom is -0.393 e. The lowest BCUT2D eigenvalue weighted by molar-refractivity contribution is -0.383. The average molecular weight is 307 g/mol. The average Bonchev–Trinajstić information content (AvgIpc) is 2.40. The maximum atomic E-state index is 12.2. The summed E-state index contributed by atoms with van der Waals surface area (Å²) in [5.74, 6) is 0. The predicted octanol–water partition coefficient (Wildman–Crippen LogP) is 2.29. The van der Waals surface area contributed by atoms with Crippen LogP contribution in [0.2, 0.25) is 0 Å². The van der Waals surface area contributed by atoms with Crippen LogP contribution in [0.15, 0.2) is 47.4 Å². The molecule has 0 spiro atoms. The van der Waals surface area contributed by atoms with Gasteiger partial charge >= 0.3 is 0 Å². The zero-order chi connectivity index (χ0) is 15.6. The number of nitrogens with zero attached hydrogens (tertiary/aromatic N) is 1. The van der Waals surface area contributed by atoms with Crippen LogP contribution >= 0.6 is 0 Å². The summed E-state index contributed by atoms with van der Waals surface area (Å²) in [6.45, 7) is 1.88. The van der Waals surface area contributed by atoms with Crippen molar-refractivity contribution in [2.45, 2.75) is 11.8 Å². The van der Waals surface area contributed by atoms with Gasteiger partial charge in [-0.3, -0.25) is 14.8 Å². The van der Waals surface area contributed by atoms with E-state index in [4.69, 9.17) is 5.73 Å². The van der Waals surface area contributed by atoms with Gasteiger partial charge in [-0.15, -0.1) is 0 Å². The molecule has 0 radical (unpaired) electrons. The summed E-state index contributed by atoms with van der Waals surface area (Å²) in [5, 5.41) is 10.7. The first-order chi connectivity index (χ1) is 9.79. The summed E-state index contributed by atoms with van der Waals surface area (Å²) in [6, 6.07) is 10.1. The Labute approximate surface area is 121 Å². The highest BCUT2D eigenvalue weighted by molar-refractivity contribution is 7.92. The highest BCUT2D eigenvalue weighted by atomic mass is 32.2. The molecule has 0 bridgehead atoms. The molecular formula is C13H13N3O4S. The smallest absolute Gasteiger partial charge is 0.292 e. The fourth-order valence-corrected chi connectivity index (χ4v) is 2.80. The largest absolute Gasteiger partial charge is 0.393 e. The van der Waals surface area contributed by atoms with Crippen LogP contribution in [0.25, 0.3) is 0 Å². The van der Waals surface area contributed by atoms with Crippen molar-refractivity contribution < 1.29 is 13.3 Å². The molecule has 0 saturated heterocycles. The molecule has 7 nitrogen and oxygen atoms in total. The molecule has 0 fully saturated rings. The Kier molecular flexibility index (Phi) is 3.81. The Bertz CT molecular complexity index is 786. The number of nitrogens with one attached hydrogen (secondary N) is 1. The number of anilines is 2. The van der Waals surface area contributed by atoms with Crippen LogP contribution in [-0.4, -0.2) is 13.3 Å². The molecule has 0 unspecified atom stereocenters. The molecule has 2 aromatic carbocycles. The molecule has 3 N–H and O–H groups in total. The summed E-state index contributed by atoms with van der Waals surface area (Å²) < 4.78 is 26.8. The summed E-state index contributed by atoms with van der Waals surface area (Å²) in [5.41, 5.74) is 6.37. The predicted molar refractivity (Wildman–Crippen MR) is 79.5 cm³/mol. The molecule has 21 heavy (non-hydrogen) atoms. The molecule has 0 aliphatic heterocycles. The van der Waals surface area contributed by atoms with Gasteiger partial charge in [-0.05, 0) is 31.2 Å². The highest BCUT2D eigenvalue weighted by Crippen LogP contribution is 2.25. The minimum atomic E-state index is -3.84. The topological polar surface area (TPSA) is 115 Å². The quantitative estimate of drug-likeness (QED) is 0.511. The van der Waals surface area contributed by atoms with Crippen LogP contribution in [0, 0.1) is 17.0 Å². The van der Waals surface area contributed by atoms with Crippen LogP contribution in [0.5, 0.6) is 0 Å². The molecule has 0 amide bonds. The van der Waals surface area contributed by atoms with Crippen molar-refractivity contribution in [2.24, 2.45) is 0 Å². The van der Waals surface area contributed by atoms with E-state index in [-0.39, 0.29) is 16.3 Å². The Morgan fingerprint density at radius 3 is 2.29 bits per heavy atom. The molecule has 0 aliphatic rings. The van der Waals surface area contributed by atoms with Gasteiger partial charge in [0.15, 0.2) is 0 Å². The second-order valence-corrected chi connectivity index (χ2v) is 6.13.